The van der Waals surface area contributed by atoms with Crippen molar-refractivity contribution in [2.45, 2.75) is 6.92 Å². The van der Waals surface area contributed by atoms with Crippen LogP contribution in [0.3, 0.4) is 0 Å². The fourth-order valence-electron chi connectivity index (χ4n) is 4.05. The number of piperazine rings is 1. The average molecular weight is 428 g/mol. The van der Waals surface area contributed by atoms with Crippen molar-refractivity contribution in [3.8, 4) is 17.0 Å². The second-order valence-corrected chi connectivity index (χ2v) is 7.80. The largest absolute Gasteiger partial charge is 0.496 e. The number of carbonyl (C=O) groups is 1. The van der Waals surface area contributed by atoms with Gasteiger partial charge >= 0.3 is 0 Å². The lowest BCUT2D eigenvalue weighted by Gasteiger charge is -2.36. The van der Waals surface area contributed by atoms with Gasteiger partial charge < -0.3 is 14.5 Å². The summed E-state index contributed by atoms with van der Waals surface area (Å²) in [6.07, 6.45) is 1.52. The highest BCUT2D eigenvalue weighted by Gasteiger charge is 2.25. The number of carbonyl (C=O) groups excluding carboxylic acids is 1. The van der Waals surface area contributed by atoms with Crippen LogP contribution in [0.1, 0.15) is 15.9 Å². The van der Waals surface area contributed by atoms with Gasteiger partial charge in [-0.05, 0) is 24.6 Å². The van der Waals surface area contributed by atoms with Crippen molar-refractivity contribution in [2.75, 3.05) is 38.2 Å². The predicted octanol–water partition coefficient (Wildman–Crippen LogP) is 3.07. The molecule has 0 aliphatic carbocycles. The molecule has 0 bridgehead atoms. The molecule has 1 aliphatic rings. The first kappa shape index (κ1) is 20.0. The minimum atomic E-state index is 0.0218. The Bertz CT molecular complexity index is 1260. The molecule has 8 nitrogen and oxygen atoms in total. The van der Waals surface area contributed by atoms with Gasteiger partial charge in [-0.1, -0.05) is 36.4 Å². The van der Waals surface area contributed by atoms with Gasteiger partial charge in [-0.15, -0.1) is 0 Å². The van der Waals surface area contributed by atoms with E-state index in [1.807, 2.05) is 66.4 Å². The van der Waals surface area contributed by atoms with E-state index in [1.54, 1.807) is 11.6 Å². The summed E-state index contributed by atoms with van der Waals surface area (Å²) in [6, 6.07) is 17.7. The van der Waals surface area contributed by atoms with Crippen LogP contribution in [0.5, 0.6) is 5.75 Å². The van der Waals surface area contributed by atoms with Crippen molar-refractivity contribution in [3.63, 3.8) is 0 Å². The van der Waals surface area contributed by atoms with Crippen LogP contribution in [0.15, 0.2) is 60.9 Å². The fourth-order valence-corrected chi connectivity index (χ4v) is 4.05. The number of ether oxygens (including phenoxy) is 1. The van der Waals surface area contributed by atoms with Gasteiger partial charge in [0.25, 0.3) is 11.7 Å². The molecule has 3 heterocycles. The van der Waals surface area contributed by atoms with E-state index in [0.717, 1.165) is 28.4 Å². The number of rotatable bonds is 4. The molecule has 8 heteroatoms. The van der Waals surface area contributed by atoms with E-state index in [1.165, 1.54) is 6.33 Å². The molecule has 2 aromatic carbocycles. The minimum absolute atomic E-state index is 0.0218. The molecule has 1 saturated heterocycles. The van der Waals surface area contributed by atoms with Crippen molar-refractivity contribution < 1.29 is 9.53 Å². The second kappa shape index (κ2) is 8.30. The van der Waals surface area contributed by atoms with Crippen molar-refractivity contribution in [3.05, 3.63) is 72.1 Å². The van der Waals surface area contributed by atoms with Gasteiger partial charge in [0.05, 0.1) is 12.8 Å². The number of hydrogen-bond acceptors (Lipinski definition) is 6. The molecule has 32 heavy (non-hydrogen) atoms. The molecule has 0 unspecified atom stereocenters. The summed E-state index contributed by atoms with van der Waals surface area (Å²) in [5, 5.41) is 4.36. The lowest BCUT2D eigenvalue weighted by atomic mass is 10.1. The third-order valence-corrected chi connectivity index (χ3v) is 5.85. The highest BCUT2D eigenvalue weighted by molar-refractivity contribution is 5.95. The zero-order chi connectivity index (χ0) is 22.1. The number of fused-ring (bicyclic) bond motifs is 1. The molecule has 2 aromatic heterocycles. The van der Waals surface area contributed by atoms with Gasteiger partial charge in [-0.25, -0.2) is 4.98 Å². The monoisotopic (exact) mass is 428 g/mol. The van der Waals surface area contributed by atoms with Crippen LogP contribution in [0.4, 0.5) is 5.82 Å². The first-order valence-electron chi connectivity index (χ1n) is 10.6. The number of aryl methyl sites for hydroxylation is 1. The van der Waals surface area contributed by atoms with E-state index in [9.17, 15) is 4.79 Å². The molecule has 0 spiro atoms. The van der Waals surface area contributed by atoms with Gasteiger partial charge in [0.2, 0.25) is 0 Å². The van der Waals surface area contributed by atoms with Crippen LogP contribution >= 0.6 is 0 Å². The standard InChI is InChI=1S/C24H24N6O2/c1-17-8-9-19(14-21(17)32-2)23(31)29-12-10-28(11-13-29)22-15-20(18-6-4-3-5-7-18)27-24-25-16-26-30(22)24/h3-9,14-16H,10-13H2,1-2H3. The molecule has 1 fully saturated rings. The molecule has 5 rings (SSSR count). The number of benzene rings is 2. The topological polar surface area (TPSA) is 75.9 Å². The molecular formula is C24H24N6O2. The second-order valence-electron chi connectivity index (χ2n) is 7.80. The molecular weight excluding hydrogens is 404 g/mol. The Balaban J connectivity index is 1.37. The Morgan fingerprint density at radius 3 is 2.53 bits per heavy atom. The number of hydrogen-bond donors (Lipinski definition) is 0. The Labute approximate surface area is 186 Å². The average Bonchev–Trinajstić information content (AvgIpc) is 3.33. The summed E-state index contributed by atoms with van der Waals surface area (Å²) in [7, 11) is 1.62. The van der Waals surface area contributed by atoms with Gasteiger partial charge in [0.1, 0.15) is 17.9 Å². The molecule has 0 saturated carbocycles. The summed E-state index contributed by atoms with van der Waals surface area (Å²) >= 11 is 0. The van der Waals surface area contributed by atoms with E-state index >= 15 is 0 Å². The molecule has 1 amide bonds. The number of anilines is 1. The fraction of sp³-hybridized carbons (Fsp3) is 0.250. The van der Waals surface area contributed by atoms with E-state index < -0.39 is 0 Å². The first-order valence-corrected chi connectivity index (χ1v) is 10.6. The smallest absolute Gasteiger partial charge is 0.254 e. The molecule has 4 aromatic rings. The van der Waals surface area contributed by atoms with Crippen LogP contribution in [-0.2, 0) is 0 Å². The number of methoxy groups -OCH3 is 1. The van der Waals surface area contributed by atoms with Crippen molar-refractivity contribution in [2.24, 2.45) is 0 Å². The SMILES string of the molecule is COc1cc(C(=O)N2CCN(c3cc(-c4ccccc4)nc4ncnn34)CC2)ccc1C. The van der Waals surface area contributed by atoms with Crippen LogP contribution in [0, 0.1) is 6.92 Å². The van der Waals surface area contributed by atoms with Crippen molar-refractivity contribution in [1.29, 1.82) is 0 Å². The molecule has 1 aliphatic heterocycles. The van der Waals surface area contributed by atoms with E-state index in [-0.39, 0.29) is 5.91 Å². The summed E-state index contributed by atoms with van der Waals surface area (Å²) in [5.74, 6) is 2.24. The van der Waals surface area contributed by atoms with Gasteiger partial charge in [0, 0.05) is 43.4 Å². The van der Waals surface area contributed by atoms with Crippen LogP contribution in [-0.4, -0.2) is 63.7 Å². The Morgan fingerprint density at radius 1 is 1.00 bits per heavy atom. The Hall–Kier alpha value is -3.94. The van der Waals surface area contributed by atoms with Gasteiger partial charge in [0.15, 0.2) is 0 Å². The quantitative estimate of drug-likeness (QED) is 0.497. The number of aromatic nitrogens is 4. The van der Waals surface area contributed by atoms with E-state index in [4.69, 9.17) is 4.74 Å². The Kier molecular flexibility index (Phi) is 5.18. The lowest BCUT2D eigenvalue weighted by Crippen LogP contribution is -2.49. The maximum atomic E-state index is 13.0. The van der Waals surface area contributed by atoms with Crippen LogP contribution in [0.2, 0.25) is 0 Å². The maximum absolute atomic E-state index is 13.0. The van der Waals surface area contributed by atoms with Crippen molar-refractivity contribution in [1.82, 2.24) is 24.5 Å². The summed E-state index contributed by atoms with van der Waals surface area (Å²) < 4.78 is 7.14. The lowest BCUT2D eigenvalue weighted by molar-refractivity contribution is 0.0746. The molecule has 162 valence electrons. The predicted molar refractivity (Wildman–Crippen MR) is 122 cm³/mol. The summed E-state index contributed by atoms with van der Waals surface area (Å²) in [4.78, 5) is 26.1. The van der Waals surface area contributed by atoms with E-state index in [0.29, 0.717) is 37.5 Å². The third kappa shape index (κ3) is 3.64. The van der Waals surface area contributed by atoms with Crippen molar-refractivity contribution >= 4 is 17.5 Å². The zero-order valence-corrected chi connectivity index (χ0v) is 18.1. The van der Waals surface area contributed by atoms with E-state index in [2.05, 4.69) is 20.0 Å². The minimum Gasteiger partial charge on any atom is -0.496 e. The number of amides is 1. The summed E-state index contributed by atoms with van der Waals surface area (Å²) in [6.45, 7) is 4.60. The summed E-state index contributed by atoms with van der Waals surface area (Å²) in [5.41, 5.74) is 3.54. The number of nitrogens with zero attached hydrogens (tertiary/aromatic N) is 6. The van der Waals surface area contributed by atoms with Crippen LogP contribution < -0.4 is 9.64 Å². The van der Waals surface area contributed by atoms with Crippen LogP contribution in [0.25, 0.3) is 17.0 Å². The molecule has 0 N–H and O–H groups in total. The maximum Gasteiger partial charge on any atom is 0.254 e. The van der Waals surface area contributed by atoms with Gasteiger partial charge in [-0.3, -0.25) is 4.79 Å². The van der Waals surface area contributed by atoms with Gasteiger partial charge in [-0.2, -0.15) is 14.6 Å². The highest BCUT2D eigenvalue weighted by atomic mass is 16.5. The first-order chi connectivity index (χ1) is 15.6. The normalized spacial score (nSPS) is 14.1. The third-order valence-electron chi connectivity index (χ3n) is 5.85. The Morgan fingerprint density at radius 2 is 1.78 bits per heavy atom. The zero-order valence-electron chi connectivity index (χ0n) is 18.1. The molecule has 0 atom stereocenters. The molecule has 0 radical (unpaired) electrons. The highest BCUT2D eigenvalue weighted by Crippen LogP contribution is 2.25.